The van der Waals surface area contributed by atoms with Gasteiger partial charge in [-0.15, -0.1) is 0 Å². The normalized spacial score (nSPS) is 13.0. The molecule has 0 spiro atoms. The van der Waals surface area contributed by atoms with Crippen LogP contribution >= 0.6 is 11.6 Å². The molecule has 1 saturated heterocycles. The lowest BCUT2D eigenvalue weighted by Gasteiger charge is -2.31. The predicted molar refractivity (Wildman–Crippen MR) is 168 cm³/mol. The number of anilines is 2. The Morgan fingerprint density at radius 1 is 0.881 bits per heavy atom. The van der Waals surface area contributed by atoms with E-state index < -0.39 is 11.0 Å². The molecule has 1 unspecified atom stereocenters. The highest BCUT2D eigenvalue weighted by Gasteiger charge is 2.22. The summed E-state index contributed by atoms with van der Waals surface area (Å²) in [5.41, 5.74) is 4.20. The van der Waals surface area contributed by atoms with Gasteiger partial charge in [-0.05, 0) is 72.1 Å². The number of hydrogen-bond acceptors (Lipinski definition) is 5. The first-order valence-corrected chi connectivity index (χ1v) is 15.1. The average Bonchev–Trinajstić information content (AvgIpc) is 2.98. The summed E-state index contributed by atoms with van der Waals surface area (Å²) in [5.74, 6) is 0.276. The first-order valence-electron chi connectivity index (χ1n) is 13.6. The molecule has 0 saturated carbocycles. The van der Waals surface area contributed by atoms with Gasteiger partial charge in [0.05, 0.1) is 17.7 Å². The van der Waals surface area contributed by atoms with E-state index in [-0.39, 0.29) is 11.8 Å². The third-order valence-corrected chi connectivity index (χ3v) is 8.35. The van der Waals surface area contributed by atoms with E-state index in [4.69, 9.17) is 16.3 Å². The van der Waals surface area contributed by atoms with Crippen LogP contribution in [0.4, 0.5) is 11.4 Å². The molecule has 3 N–H and O–H groups in total. The molecule has 0 bridgehead atoms. The Balaban J connectivity index is 1.23. The van der Waals surface area contributed by atoms with Crippen molar-refractivity contribution in [3.8, 4) is 16.9 Å². The number of ether oxygens (including phenoxy) is 1. The van der Waals surface area contributed by atoms with Gasteiger partial charge in [-0.1, -0.05) is 48.0 Å². The summed E-state index contributed by atoms with van der Waals surface area (Å²) in [4.78, 5) is 27.4. The van der Waals surface area contributed by atoms with Crippen LogP contribution in [0, 0.1) is 0 Å². The van der Waals surface area contributed by atoms with Crippen LogP contribution in [0.25, 0.3) is 11.1 Å². The van der Waals surface area contributed by atoms with Crippen LogP contribution in [-0.2, 0) is 11.0 Å². The maximum Gasteiger partial charge on any atom is 0.253 e. The third-order valence-electron chi connectivity index (χ3n) is 6.88. The molecule has 4 aromatic carbocycles. The summed E-state index contributed by atoms with van der Waals surface area (Å²) < 4.78 is 22.0. The lowest BCUT2D eigenvalue weighted by Crippen LogP contribution is -2.41. The first kappa shape index (κ1) is 29.2. The van der Waals surface area contributed by atoms with Crippen molar-refractivity contribution in [2.24, 2.45) is 0 Å². The third kappa shape index (κ3) is 6.92. The molecule has 1 fully saturated rings. The van der Waals surface area contributed by atoms with Gasteiger partial charge in [0.15, 0.2) is 11.0 Å². The monoisotopic (exact) mass is 602 g/mol. The Morgan fingerprint density at radius 2 is 1.64 bits per heavy atom. The molecular formula is C32H31ClN4O4S. The highest BCUT2D eigenvalue weighted by molar-refractivity contribution is 7.86. The van der Waals surface area contributed by atoms with Crippen molar-refractivity contribution in [2.75, 3.05) is 43.3 Å². The first-order chi connectivity index (χ1) is 20.4. The molecule has 1 aliphatic heterocycles. The number of nitrogens with one attached hydrogen (secondary N) is 3. The zero-order valence-corrected chi connectivity index (χ0v) is 24.6. The molecule has 0 aliphatic carbocycles. The fourth-order valence-electron chi connectivity index (χ4n) is 4.51. The van der Waals surface area contributed by atoms with E-state index in [1.807, 2.05) is 65.6 Å². The van der Waals surface area contributed by atoms with Crippen LogP contribution in [0.3, 0.4) is 0 Å². The van der Waals surface area contributed by atoms with E-state index in [0.717, 1.165) is 36.3 Å². The number of nitrogens with zero attached hydrogens (tertiary/aromatic N) is 1. The van der Waals surface area contributed by atoms with E-state index >= 15 is 0 Å². The number of methoxy groups -OCH3 is 1. The van der Waals surface area contributed by atoms with Gasteiger partial charge in [0, 0.05) is 43.1 Å². The van der Waals surface area contributed by atoms with Crippen molar-refractivity contribution in [3.63, 3.8) is 0 Å². The fraction of sp³-hybridized carbons (Fsp3) is 0.188. The SMILES string of the molecule is COc1ccc(-c2cccc(C(=O)N3CCC3)c2)cc1S(=O)Nc1cccc(NCCNC(=O)c2ccccc2Cl)c1. The number of rotatable bonds is 11. The summed E-state index contributed by atoms with van der Waals surface area (Å²) >= 11 is 6.09. The van der Waals surface area contributed by atoms with E-state index in [0.29, 0.717) is 45.6 Å². The van der Waals surface area contributed by atoms with Crippen molar-refractivity contribution < 1.29 is 18.5 Å². The van der Waals surface area contributed by atoms with Gasteiger partial charge in [0.25, 0.3) is 11.8 Å². The van der Waals surface area contributed by atoms with Gasteiger partial charge in [0.2, 0.25) is 0 Å². The molecule has 0 aromatic heterocycles. The summed E-state index contributed by atoms with van der Waals surface area (Å²) in [6.07, 6.45) is 1.04. The van der Waals surface area contributed by atoms with Crippen LogP contribution in [0.15, 0.2) is 95.9 Å². The smallest absolute Gasteiger partial charge is 0.253 e. The molecule has 8 nitrogen and oxygen atoms in total. The summed E-state index contributed by atoms with van der Waals surface area (Å²) in [7, 11) is -0.0975. The molecule has 0 radical (unpaired) electrons. The Labute approximate surface area is 252 Å². The van der Waals surface area contributed by atoms with Crippen LogP contribution in [0.5, 0.6) is 5.75 Å². The lowest BCUT2D eigenvalue weighted by atomic mass is 10.0. The van der Waals surface area contributed by atoms with Gasteiger partial charge in [-0.3, -0.25) is 9.59 Å². The Bertz CT molecular complexity index is 1630. The number of amides is 2. The van der Waals surface area contributed by atoms with E-state index in [2.05, 4.69) is 15.4 Å². The van der Waals surface area contributed by atoms with Crippen molar-refractivity contribution in [1.82, 2.24) is 10.2 Å². The second kappa shape index (κ2) is 13.5. The molecule has 2 amide bonds. The molecule has 10 heteroatoms. The summed E-state index contributed by atoms with van der Waals surface area (Å²) in [5, 5.41) is 6.51. The largest absolute Gasteiger partial charge is 0.495 e. The minimum atomic E-state index is -1.64. The highest BCUT2D eigenvalue weighted by Crippen LogP contribution is 2.31. The second-order valence-corrected chi connectivity index (χ2v) is 11.3. The fourth-order valence-corrected chi connectivity index (χ4v) is 5.75. The summed E-state index contributed by atoms with van der Waals surface area (Å²) in [6, 6.07) is 27.3. The van der Waals surface area contributed by atoms with Gasteiger partial charge >= 0.3 is 0 Å². The highest BCUT2D eigenvalue weighted by atomic mass is 35.5. The lowest BCUT2D eigenvalue weighted by molar-refractivity contribution is 0.0651. The van der Waals surface area contributed by atoms with E-state index in [9.17, 15) is 13.8 Å². The van der Waals surface area contributed by atoms with Crippen LogP contribution in [-0.4, -0.2) is 54.2 Å². The number of carbonyl (C=O) groups is 2. The van der Waals surface area contributed by atoms with Crippen LogP contribution in [0.1, 0.15) is 27.1 Å². The number of benzene rings is 4. The van der Waals surface area contributed by atoms with Crippen molar-refractivity contribution in [1.29, 1.82) is 0 Å². The quantitative estimate of drug-likeness (QED) is 0.187. The summed E-state index contributed by atoms with van der Waals surface area (Å²) in [6.45, 7) is 2.45. The Kier molecular flexibility index (Phi) is 9.41. The minimum Gasteiger partial charge on any atom is -0.495 e. The molecule has 216 valence electrons. The maximum atomic E-state index is 13.5. The minimum absolute atomic E-state index is 0.0264. The predicted octanol–water partition coefficient (Wildman–Crippen LogP) is 5.84. The van der Waals surface area contributed by atoms with Crippen molar-refractivity contribution >= 4 is 45.8 Å². The zero-order valence-electron chi connectivity index (χ0n) is 23.1. The molecule has 1 aliphatic rings. The van der Waals surface area contributed by atoms with Gasteiger partial charge in [-0.2, -0.15) is 0 Å². The van der Waals surface area contributed by atoms with Crippen LogP contribution in [0.2, 0.25) is 5.02 Å². The molecule has 1 atom stereocenters. The topological polar surface area (TPSA) is 99.8 Å². The van der Waals surface area contributed by atoms with Crippen molar-refractivity contribution in [2.45, 2.75) is 11.3 Å². The maximum absolute atomic E-state index is 13.5. The Hall–Kier alpha value is -4.34. The molecule has 42 heavy (non-hydrogen) atoms. The number of halogens is 1. The van der Waals surface area contributed by atoms with E-state index in [1.54, 1.807) is 30.3 Å². The van der Waals surface area contributed by atoms with Crippen LogP contribution < -0.4 is 20.1 Å². The average molecular weight is 603 g/mol. The van der Waals surface area contributed by atoms with Crippen molar-refractivity contribution in [3.05, 3.63) is 107 Å². The number of carbonyl (C=O) groups excluding carboxylic acids is 2. The molecule has 5 rings (SSSR count). The molecular weight excluding hydrogens is 572 g/mol. The van der Waals surface area contributed by atoms with Gasteiger partial charge < -0.3 is 25.0 Å². The standard InChI is InChI=1S/C32H31ClN4O4S/c1-41-29-14-13-23(22-7-4-8-24(19-22)32(39)37-17-6-18-37)20-30(29)42(40)36-26-10-5-9-25(21-26)34-15-16-35-31(38)27-11-2-3-12-28(27)33/h2-5,7-14,19-21,34,36H,6,15-18H2,1H3,(H,35,38). The number of hydrogen-bond donors (Lipinski definition) is 3. The number of likely N-dealkylation sites (tertiary alicyclic amines) is 1. The zero-order chi connectivity index (χ0) is 29.5. The van der Waals surface area contributed by atoms with Gasteiger partial charge in [0.1, 0.15) is 10.6 Å². The van der Waals surface area contributed by atoms with Gasteiger partial charge in [-0.25, -0.2) is 4.21 Å². The second-order valence-electron chi connectivity index (χ2n) is 9.71. The van der Waals surface area contributed by atoms with E-state index in [1.165, 1.54) is 7.11 Å². The molecule has 1 heterocycles. The molecule has 4 aromatic rings. The Morgan fingerprint density at radius 3 is 2.40 bits per heavy atom.